The van der Waals surface area contributed by atoms with Gasteiger partial charge in [0.15, 0.2) is 5.78 Å². The zero-order chi connectivity index (χ0) is 13.3. The normalized spacial score (nSPS) is 11.2. The number of carbonyl (C=O) groups excluding carboxylic acids is 1. The maximum absolute atomic E-state index is 11.4. The van der Waals surface area contributed by atoms with E-state index in [2.05, 4.69) is 18.9 Å². The number of benzene rings is 1. The fourth-order valence-electron chi connectivity index (χ4n) is 1.80. The summed E-state index contributed by atoms with van der Waals surface area (Å²) >= 11 is 0. The van der Waals surface area contributed by atoms with E-state index in [1.54, 1.807) is 11.6 Å². The molecular weight excluding hydrogens is 228 g/mol. The van der Waals surface area contributed by atoms with Gasteiger partial charge in [0, 0.05) is 12.6 Å². The lowest BCUT2D eigenvalue weighted by Gasteiger charge is -2.05. The van der Waals surface area contributed by atoms with E-state index in [4.69, 9.17) is 4.74 Å². The number of fused-ring (bicyclic) bond motifs is 1. The van der Waals surface area contributed by atoms with Crippen LogP contribution in [0.2, 0.25) is 0 Å². The predicted octanol–water partition coefficient (Wildman–Crippen LogP) is 2.81. The third-order valence-electron chi connectivity index (χ3n) is 2.78. The zero-order valence-electron chi connectivity index (χ0n) is 11.2. The van der Waals surface area contributed by atoms with Crippen molar-refractivity contribution in [3.05, 3.63) is 23.8 Å². The molecule has 0 amide bonds. The van der Waals surface area contributed by atoms with E-state index in [0.29, 0.717) is 24.0 Å². The zero-order valence-corrected chi connectivity index (χ0v) is 11.2. The number of Topliss-reactive ketones (excluding diaryl/α,β-unsaturated/α-hetero) is 1. The first-order chi connectivity index (χ1) is 8.49. The molecule has 0 aliphatic heterocycles. The van der Waals surface area contributed by atoms with Gasteiger partial charge in [0.2, 0.25) is 5.88 Å². The van der Waals surface area contributed by atoms with E-state index in [1.807, 2.05) is 25.2 Å². The summed E-state index contributed by atoms with van der Waals surface area (Å²) in [7, 11) is 1.86. The lowest BCUT2D eigenvalue weighted by Crippen LogP contribution is -2.05. The molecule has 0 spiro atoms. The third-order valence-corrected chi connectivity index (χ3v) is 2.78. The van der Waals surface area contributed by atoms with Gasteiger partial charge in [-0.15, -0.1) is 5.10 Å². The minimum absolute atomic E-state index is 0.0581. The molecule has 1 aromatic carbocycles. The number of hydrogen-bond acceptors (Lipinski definition) is 3. The number of aryl methyl sites for hydroxylation is 1. The molecule has 18 heavy (non-hydrogen) atoms. The Bertz CT molecular complexity index is 585. The Balaban J connectivity index is 2.42. The number of nitrogens with zero attached hydrogens (tertiary/aromatic N) is 2. The van der Waals surface area contributed by atoms with Crippen LogP contribution in [0.1, 0.15) is 31.1 Å². The number of aromatic nitrogens is 2. The van der Waals surface area contributed by atoms with Gasteiger partial charge in [-0.3, -0.25) is 9.48 Å². The Kier molecular flexibility index (Phi) is 3.36. The van der Waals surface area contributed by atoms with Crippen LogP contribution in [0.15, 0.2) is 18.2 Å². The van der Waals surface area contributed by atoms with Gasteiger partial charge in [0.05, 0.1) is 17.5 Å². The van der Waals surface area contributed by atoms with E-state index >= 15 is 0 Å². The van der Waals surface area contributed by atoms with Crippen LogP contribution >= 0.6 is 0 Å². The highest BCUT2D eigenvalue weighted by Gasteiger charge is 2.12. The molecule has 0 saturated heterocycles. The molecule has 1 aromatic heterocycles. The summed E-state index contributed by atoms with van der Waals surface area (Å²) in [5, 5.41) is 5.29. The number of ketones is 1. The molecule has 0 radical (unpaired) electrons. The lowest BCUT2D eigenvalue weighted by atomic mass is 10.1. The van der Waals surface area contributed by atoms with Crippen molar-refractivity contribution < 1.29 is 9.53 Å². The Morgan fingerprint density at radius 1 is 1.44 bits per heavy atom. The van der Waals surface area contributed by atoms with Crippen LogP contribution in [0.25, 0.3) is 10.9 Å². The van der Waals surface area contributed by atoms with Crippen LogP contribution in [0.4, 0.5) is 0 Å². The lowest BCUT2D eigenvalue weighted by molar-refractivity contribution is 0.101. The second-order valence-corrected chi connectivity index (χ2v) is 4.92. The molecule has 0 aliphatic rings. The number of rotatable bonds is 4. The highest BCUT2D eigenvalue weighted by atomic mass is 16.5. The fourth-order valence-corrected chi connectivity index (χ4v) is 1.80. The van der Waals surface area contributed by atoms with Crippen LogP contribution in [-0.2, 0) is 7.05 Å². The number of hydrogen-bond donors (Lipinski definition) is 0. The first-order valence-corrected chi connectivity index (χ1v) is 6.09. The van der Waals surface area contributed by atoms with Gasteiger partial charge in [-0.1, -0.05) is 19.9 Å². The van der Waals surface area contributed by atoms with E-state index in [9.17, 15) is 4.79 Å². The van der Waals surface area contributed by atoms with Gasteiger partial charge in [-0.25, -0.2) is 0 Å². The van der Waals surface area contributed by atoms with Crippen molar-refractivity contribution >= 4 is 16.7 Å². The van der Waals surface area contributed by atoms with Crippen molar-refractivity contribution in [1.82, 2.24) is 9.78 Å². The molecular formula is C14H18N2O2. The highest BCUT2D eigenvalue weighted by molar-refractivity contribution is 5.98. The summed E-state index contributed by atoms with van der Waals surface area (Å²) in [6, 6.07) is 5.57. The van der Waals surface area contributed by atoms with Crippen LogP contribution in [0.5, 0.6) is 5.88 Å². The van der Waals surface area contributed by atoms with Crippen LogP contribution in [-0.4, -0.2) is 22.2 Å². The topological polar surface area (TPSA) is 44.1 Å². The van der Waals surface area contributed by atoms with Gasteiger partial charge in [-0.2, -0.15) is 0 Å². The van der Waals surface area contributed by atoms with Crippen molar-refractivity contribution in [3.8, 4) is 5.88 Å². The minimum Gasteiger partial charge on any atom is -0.476 e. The van der Waals surface area contributed by atoms with E-state index in [1.165, 1.54) is 0 Å². The van der Waals surface area contributed by atoms with Crippen molar-refractivity contribution in [2.75, 3.05) is 6.61 Å². The Morgan fingerprint density at radius 3 is 2.78 bits per heavy atom. The standard InChI is InChI=1S/C14H18N2O2/c1-9(2)8-18-14-12-6-5-11(10(3)17)7-13(12)16(4)15-14/h5-7,9H,8H2,1-4H3. The first-order valence-electron chi connectivity index (χ1n) is 6.09. The molecule has 4 heteroatoms. The Hall–Kier alpha value is -1.84. The fraction of sp³-hybridized carbons (Fsp3) is 0.429. The van der Waals surface area contributed by atoms with Gasteiger partial charge in [0.25, 0.3) is 0 Å². The molecule has 1 heterocycles. The molecule has 0 saturated carbocycles. The maximum Gasteiger partial charge on any atom is 0.240 e. The molecule has 0 bridgehead atoms. The summed E-state index contributed by atoms with van der Waals surface area (Å²) in [6.45, 7) is 6.40. The molecule has 0 atom stereocenters. The summed E-state index contributed by atoms with van der Waals surface area (Å²) in [5.74, 6) is 1.15. The van der Waals surface area contributed by atoms with E-state index in [0.717, 1.165) is 10.9 Å². The van der Waals surface area contributed by atoms with Gasteiger partial charge in [0.1, 0.15) is 0 Å². The van der Waals surface area contributed by atoms with Crippen LogP contribution in [0.3, 0.4) is 0 Å². The third kappa shape index (κ3) is 2.37. The predicted molar refractivity (Wildman–Crippen MR) is 71.1 cm³/mol. The molecule has 2 aromatic rings. The van der Waals surface area contributed by atoms with Crippen molar-refractivity contribution in [1.29, 1.82) is 0 Å². The average Bonchev–Trinajstić information content (AvgIpc) is 2.63. The summed E-state index contributed by atoms with van der Waals surface area (Å²) in [6.07, 6.45) is 0. The molecule has 0 aliphatic carbocycles. The molecule has 0 unspecified atom stereocenters. The van der Waals surface area contributed by atoms with Gasteiger partial charge >= 0.3 is 0 Å². The van der Waals surface area contributed by atoms with E-state index < -0.39 is 0 Å². The summed E-state index contributed by atoms with van der Waals surface area (Å²) in [5.41, 5.74) is 1.61. The van der Waals surface area contributed by atoms with Gasteiger partial charge < -0.3 is 4.74 Å². The molecule has 0 fully saturated rings. The molecule has 2 rings (SSSR count). The SMILES string of the molecule is CC(=O)c1ccc2c(OCC(C)C)nn(C)c2c1. The number of carbonyl (C=O) groups is 1. The second-order valence-electron chi connectivity index (χ2n) is 4.92. The Morgan fingerprint density at radius 2 is 2.17 bits per heavy atom. The van der Waals surface area contributed by atoms with Crippen molar-refractivity contribution in [2.45, 2.75) is 20.8 Å². The molecule has 96 valence electrons. The quantitative estimate of drug-likeness (QED) is 0.779. The number of ether oxygens (including phenoxy) is 1. The highest BCUT2D eigenvalue weighted by Crippen LogP contribution is 2.25. The van der Waals surface area contributed by atoms with Gasteiger partial charge in [-0.05, 0) is 25.0 Å². The molecule has 4 nitrogen and oxygen atoms in total. The first kappa shape index (κ1) is 12.6. The monoisotopic (exact) mass is 246 g/mol. The maximum atomic E-state index is 11.4. The average molecular weight is 246 g/mol. The molecule has 0 N–H and O–H groups in total. The van der Waals surface area contributed by atoms with Crippen LogP contribution < -0.4 is 4.74 Å². The van der Waals surface area contributed by atoms with Crippen molar-refractivity contribution in [3.63, 3.8) is 0 Å². The summed E-state index contributed by atoms with van der Waals surface area (Å²) in [4.78, 5) is 11.4. The largest absolute Gasteiger partial charge is 0.476 e. The smallest absolute Gasteiger partial charge is 0.240 e. The van der Waals surface area contributed by atoms with Crippen LogP contribution in [0, 0.1) is 5.92 Å². The minimum atomic E-state index is 0.0581. The summed E-state index contributed by atoms with van der Waals surface area (Å²) < 4.78 is 7.43. The Labute approximate surface area is 107 Å². The van der Waals surface area contributed by atoms with E-state index in [-0.39, 0.29) is 5.78 Å². The second kappa shape index (κ2) is 4.80. The van der Waals surface area contributed by atoms with Crippen molar-refractivity contribution in [2.24, 2.45) is 13.0 Å².